The van der Waals surface area contributed by atoms with Crippen LogP contribution in [0.15, 0.2) is 28.9 Å². The van der Waals surface area contributed by atoms with Gasteiger partial charge in [-0.15, -0.1) is 0 Å². The van der Waals surface area contributed by atoms with Crippen LogP contribution in [0.2, 0.25) is 0 Å². The lowest BCUT2D eigenvalue weighted by molar-refractivity contribution is 0.163. The minimum absolute atomic E-state index is 0.0848. The zero-order chi connectivity index (χ0) is 13.8. The topological polar surface area (TPSA) is 65.6 Å². The van der Waals surface area contributed by atoms with Crippen LogP contribution in [0, 0.1) is 5.82 Å². The van der Waals surface area contributed by atoms with Gasteiger partial charge in [0.2, 0.25) is 0 Å². The normalized spacial score (nSPS) is 13.3. The number of hydrogen-bond donors (Lipinski definition) is 3. The van der Waals surface area contributed by atoms with Crippen molar-refractivity contribution >= 4 is 11.0 Å². The summed E-state index contributed by atoms with van der Waals surface area (Å²) in [5.74, 6) is -0.353. The van der Waals surface area contributed by atoms with Crippen LogP contribution in [0.25, 0.3) is 11.0 Å². The second kappa shape index (κ2) is 6.14. The Kier molecular flexibility index (Phi) is 4.52. The SMILES string of the molecule is CC(Cc1ccc2c(F)coc2c1)NC(CO)CO. The molecule has 19 heavy (non-hydrogen) atoms. The Bertz CT molecular complexity index is 536. The third-order valence-corrected chi connectivity index (χ3v) is 3.10. The highest BCUT2D eigenvalue weighted by atomic mass is 19.1. The van der Waals surface area contributed by atoms with Gasteiger partial charge >= 0.3 is 0 Å². The summed E-state index contributed by atoms with van der Waals surface area (Å²) < 4.78 is 18.4. The first kappa shape index (κ1) is 14.0. The van der Waals surface area contributed by atoms with Crippen LogP contribution in [0.1, 0.15) is 12.5 Å². The van der Waals surface area contributed by atoms with Crippen LogP contribution < -0.4 is 5.32 Å². The molecule has 2 rings (SSSR count). The second-order valence-corrected chi connectivity index (χ2v) is 4.75. The molecule has 0 aliphatic rings. The van der Waals surface area contributed by atoms with Gasteiger partial charge in [-0.2, -0.15) is 0 Å². The summed E-state index contributed by atoms with van der Waals surface area (Å²) >= 11 is 0. The van der Waals surface area contributed by atoms with Gasteiger partial charge in [-0.3, -0.25) is 0 Å². The maximum atomic E-state index is 13.2. The molecule has 0 aliphatic carbocycles. The van der Waals surface area contributed by atoms with Crippen molar-refractivity contribution in [1.82, 2.24) is 5.32 Å². The lowest BCUT2D eigenvalue weighted by atomic mass is 10.1. The van der Waals surface area contributed by atoms with Gasteiger partial charge in [0.1, 0.15) is 11.8 Å². The Hall–Kier alpha value is -1.43. The zero-order valence-electron chi connectivity index (χ0n) is 10.8. The van der Waals surface area contributed by atoms with Crippen LogP contribution in [-0.4, -0.2) is 35.5 Å². The van der Waals surface area contributed by atoms with E-state index in [9.17, 15) is 4.39 Å². The van der Waals surface area contributed by atoms with E-state index in [0.29, 0.717) is 17.4 Å². The van der Waals surface area contributed by atoms with Crippen LogP contribution >= 0.6 is 0 Å². The number of nitrogens with one attached hydrogen (secondary N) is 1. The van der Waals surface area contributed by atoms with Gasteiger partial charge in [-0.05, 0) is 31.0 Å². The molecule has 2 aromatic rings. The standard InChI is InChI=1S/C14H18FNO3/c1-9(16-11(6-17)7-18)4-10-2-3-12-13(15)8-19-14(12)5-10/h2-3,5,8-9,11,16-18H,4,6-7H2,1H3. The molecule has 3 N–H and O–H groups in total. The highest BCUT2D eigenvalue weighted by Gasteiger charge is 2.12. The lowest BCUT2D eigenvalue weighted by Gasteiger charge is -2.19. The lowest BCUT2D eigenvalue weighted by Crippen LogP contribution is -2.42. The smallest absolute Gasteiger partial charge is 0.169 e. The molecule has 1 atom stereocenters. The first-order chi connectivity index (χ1) is 9.13. The fraction of sp³-hybridized carbons (Fsp3) is 0.429. The summed E-state index contributed by atoms with van der Waals surface area (Å²) in [6, 6.07) is 5.13. The van der Waals surface area contributed by atoms with Crippen molar-refractivity contribution in [2.45, 2.75) is 25.4 Å². The van der Waals surface area contributed by atoms with E-state index in [1.807, 2.05) is 19.1 Å². The van der Waals surface area contributed by atoms with Crippen molar-refractivity contribution in [3.63, 3.8) is 0 Å². The third-order valence-electron chi connectivity index (χ3n) is 3.10. The predicted molar refractivity (Wildman–Crippen MR) is 70.4 cm³/mol. The molecular formula is C14H18FNO3. The maximum absolute atomic E-state index is 13.2. The fourth-order valence-electron chi connectivity index (χ4n) is 2.15. The van der Waals surface area contributed by atoms with E-state index in [-0.39, 0.29) is 31.1 Å². The van der Waals surface area contributed by atoms with Gasteiger partial charge in [0.25, 0.3) is 0 Å². The number of aliphatic hydroxyl groups is 2. The Morgan fingerprint density at radius 1 is 1.32 bits per heavy atom. The van der Waals surface area contributed by atoms with Gasteiger partial charge in [0.05, 0.1) is 24.6 Å². The molecule has 0 saturated heterocycles. The number of furan rings is 1. The second-order valence-electron chi connectivity index (χ2n) is 4.75. The van der Waals surface area contributed by atoms with Crippen LogP contribution in [0.5, 0.6) is 0 Å². The Morgan fingerprint density at radius 3 is 2.74 bits per heavy atom. The molecule has 4 nitrogen and oxygen atoms in total. The Labute approximate surface area is 110 Å². The van der Waals surface area contributed by atoms with E-state index in [1.165, 1.54) is 0 Å². The number of fused-ring (bicyclic) bond motifs is 1. The summed E-state index contributed by atoms with van der Waals surface area (Å²) in [5.41, 5.74) is 1.54. The first-order valence-electron chi connectivity index (χ1n) is 6.27. The van der Waals surface area contributed by atoms with E-state index in [0.717, 1.165) is 11.8 Å². The zero-order valence-corrected chi connectivity index (χ0v) is 10.8. The van der Waals surface area contributed by atoms with Crippen molar-refractivity contribution < 1.29 is 19.0 Å². The van der Waals surface area contributed by atoms with Gasteiger partial charge in [0, 0.05) is 6.04 Å². The monoisotopic (exact) mass is 267 g/mol. The molecule has 0 spiro atoms. The molecule has 0 radical (unpaired) electrons. The maximum Gasteiger partial charge on any atom is 0.169 e. The van der Waals surface area contributed by atoms with Gasteiger partial charge in [-0.1, -0.05) is 6.07 Å². The quantitative estimate of drug-likeness (QED) is 0.741. The molecule has 5 heteroatoms. The van der Waals surface area contributed by atoms with E-state index >= 15 is 0 Å². The van der Waals surface area contributed by atoms with Crippen molar-refractivity contribution in [1.29, 1.82) is 0 Å². The van der Waals surface area contributed by atoms with E-state index in [1.54, 1.807) is 6.07 Å². The first-order valence-corrected chi connectivity index (χ1v) is 6.27. The highest BCUT2D eigenvalue weighted by molar-refractivity contribution is 5.78. The molecule has 1 heterocycles. The molecule has 0 fully saturated rings. The molecule has 0 bridgehead atoms. The molecule has 104 valence electrons. The summed E-state index contributed by atoms with van der Waals surface area (Å²) in [6.07, 6.45) is 1.80. The molecule has 0 saturated carbocycles. The number of aliphatic hydroxyl groups excluding tert-OH is 2. The molecule has 0 amide bonds. The number of rotatable bonds is 6. The number of benzene rings is 1. The predicted octanol–water partition coefficient (Wildman–Crippen LogP) is 1.45. The molecular weight excluding hydrogens is 249 g/mol. The van der Waals surface area contributed by atoms with Crippen molar-refractivity contribution in [2.24, 2.45) is 0 Å². The number of halogens is 1. The van der Waals surface area contributed by atoms with Crippen LogP contribution in [-0.2, 0) is 6.42 Å². The van der Waals surface area contributed by atoms with E-state index < -0.39 is 0 Å². The highest BCUT2D eigenvalue weighted by Crippen LogP contribution is 2.21. The molecule has 1 unspecified atom stereocenters. The van der Waals surface area contributed by atoms with Gasteiger partial charge in [0.15, 0.2) is 5.82 Å². The Morgan fingerprint density at radius 2 is 2.05 bits per heavy atom. The minimum atomic E-state index is -0.353. The summed E-state index contributed by atoms with van der Waals surface area (Å²) in [5, 5.41) is 21.6. The fourth-order valence-corrected chi connectivity index (χ4v) is 2.15. The number of hydrogen-bond acceptors (Lipinski definition) is 4. The van der Waals surface area contributed by atoms with Gasteiger partial charge in [-0.25, -0.2) is 4.39 Å². The molecule has 1 aromatic carbocycles. The average Bonchev–Trinajstić information content (AvgIpc) is 2.77. The van der Waals surface area contributed by atoms with Crippen LogP contribution in [0.4, 0.5) is 4.39 Å². The van der Waals surface area contributed by atoms with E-state index in [2.05, 4.69) is 5.32 Å². The van der Waals surface area contributed by atoms with E-state index in [4.69, 9.17) is 14.6 Å². The third kappa shape index (κ3) is 3.32. The summed E-state index contributed by atoms with van der Waals surface area (Å²) in [7, 11) is 0. The summed E-state index contributed by atoms with van der Waals surface area (Å²) in [4.78, 5) is 0. The molecule has 1 aromatic heterocycles. The molecule has 0 aliphatic heterocycles. The average molecular weight is 267 g/mol. The van der Waals surface area contributed by atoms with Crippen LogP contribution in [0.3, 0.4) is 0 Å². The van der Waals surface area contributed by atoms with Crippen molar-refractivity contribution in [3.8, 4) is 0 Å². The summed E-state index contributed by atoms with van der Waals surface area (Å²) in [6.45, 7) is 1.75. The van der Waals surface area contributed by atoms with Crippen molar-refractivity contribution in [2.75, 3.05) is 13.2 Å². The Balaban J connectivity index is 2.04. The van der Waals surface area contributed by atoms with Gasteiger partial charge < -0.3 is 19.9 Å². The minimum Gasteiger partial charge on any atom is -0.461 e. The largest absolute Gasteiger partial charge is 0.461 e. The van der Waals surface area contributed by atoms with Crippen molar-refractivity contribution in [3.05, 3.63) is 35.8 Å².